The number of halogens is 2. The monoisotopic (exact) mass is 391 g/mol. The van der Waals surface area contributed by atoms with Crippen molar-refractivity contribution in [3.8, 4) is 11.5 Å². The molecule has 26 heavy (non-hydrogen) atoms. The Morgan fingerprint density at radius 2 is 1.88 bits per heavy atom. The normalized spacial score (nSPS) is 13.5. The molecule has 1 aliphatic rings. The molecule has 0 bridgehead atoms. The van der Waals surface area contributed by atoms with E-state index in [4.69, 9.17) is 32.7 Å². The van der Waals surface area contributed by atoms with E-state index >= 15 is 0 Å². The van der Waals surface area contributed by atoms with Gasteiger partial charge in [0, 0.05) is 24.1 Å². The van der Waals surface area contributed by atoms with Crippen LogP contribution < -0.4 is 14.8 Å². The number of nitrogens with one attached hydrogen (secondary N) is 1. The van der Waals surface area contributed by atoms with Crippen molar-refractivity contribution in [2.24, 2.45) is 0 Å². The SMILES string of the molecule is O=C(C=Cc1cc(Cl)c2c(c1)OCCCO2)NCCc1ccc(Cl)cc1. The predicted octanol–water partition coefficient (Wildman–Crippen LogP) is 4.53. The fraction of sp³-hybridized carbons (Fsp3) is 0.250. The molecule has 2 aromatic carbocycles. The van der Waals surface area contributed by atoms with E-state index in [-0.39, 0.29) is 5.91 Å². The van der Waals surface area contributed by atoms with Crippen LogP contribution in [0, 0.1) is 0 Å². The average Bonchev–Trinajstić information content (AvgIpc) is 2.87. The summed E-state index contributed by atoms with van der Waals surface area (Å²) in [4.78, 5) is 12.0. The van der Waals surface area contributed by atoms with Crippen LogP contribution in [-0.2, 0) is 11.2 Å². The Morgan fingerprint density at radius 1 is 1.12 bits per heavy atom. The molecule has 3 rings (SSSR count). The lowest BCUT2D eigenvalue weighted by molar-refractivity contribution is -0.116. The topological polar surface area (TPSA) is 47.6 Å². The molecule has 0 spiro atoms. The average molecular weight is 392 g/mol. The summed E-state index contributed by atoms with van der Waals surface area (Å²) in [7, 11) is 0. The van der Waals surface area contributed by atoms with E-state index in [0.29, 0.717) is 41.3 Å². The van der Waals surface area contributed by atoms with Gasteiger partial charge in [-0.25, -0.2) is 0 Å². The molecule has 2 aromatic rings. The molecule has 6 heteroatoms. The quantitative estimate of drug-likeness (QED) is 0.761. The highest BCUT2D eigenvalue weighted by atomic mass is 35.5. The zero-order valence-corrected chi connectivity index (χ0v) is 15.6. The minimum Gasteiger partial charge on any atom is -0.489 e. The standard InChI is InChI=1S/C20H19Cl2NO3/c21-16-5-2-14(3-6-16)8-9-23-19(24)7-4-15-12-17(22)20-18(13-15)25-10-1-11-26-20/h2-7,12-13H,1,8-11H2,(H,23,24). The number of benzene rings is 2. The first-order valence-electron chi connectivity index (χ1n) is 8.41. The minimum atomic E-state index is -0.165. The molecular weight excluding hydrogens is 373 g/mol. The number of hydrogen-bond acceptors (Lipinski definition) is 3. The Balaban J connectivity index is 1.55. The predicted molar refractivity (Wildman–Crippen MR) is 104 cm³/mol. The molecule has 0 unspecified atom stereocenters. The molecule has 1 aliphatic heterocycles. The third kappa shape index (κ3) is 5.16. The van der Waals surface area contributed by atoms with Gasteiger partial charge in [-0.1, -0.05) is 35.3 Å². The Kier molecular flexibility index (Phi) is 6.42. The van der Waals surface area contributed by atoms with Crippen LogP contribution in [0.2, 0.25) is 10.0 Å². The Morgan fingerprint density at radius 3 is 2.69 bits per heavy atom. The molecule has 136 valence electrons. The molecule has 0 saturated heterocycles. The fourth-order valence-corrected chi connectivity index (χ4v) is 2.96. The van der Waals surface area contributed by atoms with Crippen molar-refractivity contribution in [3.05, 3.63) is 63.6 Å². The van der Waals surface area contributed by atoms with Crippen molar-refractivity contribution in [2.75, 3.05) is 19.8 Å². The second-order valence-electron chi connectivity index (χ2n) is 5.88. The van der Waals surface area contributed by atoms with Crippen LogP contribution in [0.1, 0.15) is 17.5 Å². The first-order valence-corrected chi connectivity index (χ1v) is 9.17. The molecule has 1 N–H and O–H groups in total. The summed E-state index contributed by atoms with van der Waals surface area (Å²) < 4.78 is 11.2. The van der Waals surface area contributed by atoms with Crippen molar-refractivity contribution >= 4 is 35.2 Å². The molecule has 1 amide bonds. The smallest absolute Gasteiger partial charge is 0.244 e. The van der Waals surface area contributed by atoms with E-state index in [0.717, 1.165) is 24.0 Å². The van der Waals surface area contributed by atoms with Gasteiger partial charge >= 0.3 is 0 Å². The number of carbonyl (C=O) groups excluding carboxylic acids is 1. The second-order valence-corrected chi connectivity index (χ2v) is 6.72. The van der Waals surface area contributed by atoms with E-state index in [1.807, 2.05) is 30.3 Å². The molecule has 0 fully saturated rings. The zero-order chi connectivity index (χ0) is 18.4. The summed E-state index contributed by atoms with van der Waals surface area (Å²) in [6, 6.07) is 11.2. The van der Waals surface area contributed by atoms with Gasteiger partial charge in [0.2, 0.25) is 5.91 Å². The van der Waals surface area contributed by atoms with Crippen molar-refractivity contribution < 1.29 is 14.3 Å². The highest BCUT2D eigenvalue weighted by Gasteiger charge is 2.14. The number of fused-ring (bicyclic) bond motifs is 1. The minimum absolute atomic E-state index is 0.165. The lowest BCUT2D eigenvalue weighted by Gasteiger charge is -2.10. The summed E-state index contributed by atoms with van der Waals surface area (Å²) in [5.41, 5.74) is 1.90. The summed E-state index contributed by atoms with van der Waals surface area (Å²) in [5.74, 6) is 1.01. The number of ether oxygens (including phenoxy) is 2. The van der Waals surface area contributed by atoms with Gasteiger partial charge in [-0.05, 0) is 47.9 Å². The first-order chi connectivity index (χ1) is 12.6. The molecule has 0 saturated carbocycles. The maximum atomic E-state index is 12.0. The van der Waals surface area contributed by atoms with Gasteiger partial charge in [0.15, 0.2) is 11.5 Å². The van der Waals surface area contributed by atoms with Crippen LogP contribution in [0.15, 0.2) is 42.5 Å². The lowest BCUT2D eigenvalue weighted by atomic mass is 10.1. The molecule has 0 atom stereocenters. The van der Waals surface area contributed by atoms with E-state index < -0.39 is 0 Å². The van der Waals surface area contributed by atoms with Gasteiger partial charge in [0.25, 0.3) is 0 Å². The zero-order valence-electron chi connectivity index (χ0n) is 14.1. The van der Waals surface area contributed by atoms with Gasteiger partial charge in [0.1, 0.15) is 0 Å². The highest BCUT2D eigenvalue weighted by molar-refractivity contribution is 6.32. The van der Waals surface area contributed by atoms with Gasteiger partial charge in [-0.15, -0.1) is 0 Å². The maximum absolute atomic E-state index is 12.0. The fourth-order valence-electron chi connectivity index (χ4n) is 2.56. The van der Waals surface area contributed by atoms with Crippen LogP contribution >= 0.6 is 23.2 Å². The van der Waals surface area contributed by atoms with Crippen molar-refractivity contribution in [2.45, 2.75) is 12.8 Å². The number of rotatable bonds is 5. The molecule has 1 heterocycles. The molecule has 0 aromatic heterocycles. The van der Waals surface area contributed by atoms with E-state index in [2.05, 4.69) is 5.32 Å². The maximum Gasteiger partial charge on any atom is 0.244 e. The van der Waals surface area contributed by atoms with Crippen LogP contribution in [0.25, 0.3) is 6.08 Å². The van der Waals surface area contributed by atoms with Crippen LogP contribution in [0.3, 0.4) is 0 Å². The van der Waals surface area contributed by atoms with E-state index in [9.17, 15) is 4.79 Å². The Bertz CT molecular complexity index is 803. The largest absolute Gasteiger partial charge is 0.489 e. The van der Waals surface area contributed by atoms with Crippen molar-refractivity contribution in [3.63, 3.8) is 0 Å². The number of hydrogen-bond donors (Lipinski definition) is 1. The van der Waals surface area contributed by atoms with Crippen LogP contribution in [0.4, 0.5) is 0 Å². The highest BCUT2D eigenvalue weighted by Crippen LogP contribution is 2.38. The van der Waals surface area contributed by atoms with Gasteiger partial charge < -0.3 is 14.8 Å². The Hall–Kier alpha value is -2.17. The van der Waals surface area contributed by atoms with Gasteiger partial charge in [-0.3, -0.25) is 4.79 Å². The van der Waals surface area contributed by atoms with Crippen molar-refractivity contribution in [1.29, 1.82) is 0 Å². The number of amides is 1. The van der Waals surface area contributed by atoms with Crippen LogP contribution in [-0.4, -0.2) is 25.7 Å². The Labute approximate surface area is 162 Å². The van der Waals surface area contributed by atoms with E-state index in [1.165, 1.54) is 6.08 Å². The van der Waals surface area contributed by atoms with Crippen molar-refractivity contribution in [1.82, 2.24) is 5.32 Å². The molecular formula is C20H19Cl2NO3. The summed E-state index contributed by atoms with van der Waals surface area (Å²) in [5, 5.41) is 4.04. The summed E-state index contributed by atoms with van der Waals surface area (Å²) in [6.45, 7) is 1.71. The molecule has 0 aliphatic carbocycles. The lowest BCUT2D eigenvalue weighted by Crippen LogP contribution is -2.23. The van der Waals surface area contributed by atoms with E-state index in [1.54, 1.807) is 12.1 Å². The third-order valence-electron chi connectivity index (χ3n) is 3.88. The second kappa shape index (κ2) is 8.97. The van der Waals surface area contributed by atoms with Crippen LogP contribution in [0.5, 0.6) is 11.5 Å². The number of carbonyl (C=O) groups is 1. The molecule has 0 radical (unpaired) electrons. The van der Waals surface area contributed by atoms with Gasteiger partial charge in [0.05, 0.1) is 18.2 Å². The first kappa shape index (κ1) is 18.6. The summed E-state index contributed by atoms with van der Waals surface area (Å²) in [6.07, 6.45) is 4.74. The third-order valence-corrected chi connectivity index (χ3v) is 4.41. The summed E-state index contributed by atoms with van der Waals surface area (Å²) >= 11 is 12.1. The molecule has 4 nitrogen and oxygen atoms in total. The van der Waals surface area contributed by atoms with Gasteiger partial charge in [-0.2, -0.15) is 0 Å².